The van der Waals surface area contributed by atoms with Gasteiger partial charge in [0.2, 0.25) is 0 Å². The van der Waals surface area contributed by atoms with E-state index >= 15 is 0 Å². The number of hydrogen-bond donors (Lipinski definition) is 2. The van der Waals surface area contributed by atoms with Gasteiger partial charge < -0.3 is 10.4 Å². The van der Waals surface area contributed by atoms with Crippen LogP contribution >= 0.6 is 15.9 Å². The van der Waals surface area contributed by atoms with E-state index in [0.717, 1.165) is 28.8 Å². The molecule has 0 spiro atoms. The van der Waals surface area contributed by atoms with E-state index in [2.05, 4.69) is 32.4 Å². The predicted octanol–water partition coefficient (Wildman–Crippen LogP) is 2.90. The minimum Gasteiger partial charge on any atom is -0.478 e. The van der Waals surface area contributed by atoms with Gasteiger partial charge in [-0.3, -0.25) is 4.68 Å². The lowest BCUT2D eigenvalue weighted by atomic mass is 10.2. The van der Waals surface area contributed by atoms with Crippen LogP contribution in [0.2, 0.25) is 0 Å². The van der Waals surface area contributed by atoms with E-state index in [-0.39, 0.29) is 5.56 Å². The van der Waals surface area contributed by atoms with Crippen molar-refractivity contribution in [1.29, 1.82) is 0 Å². The quantitative estimate of drug-likeness (QED) is 0.901. The summed E-state index contributed by atoms with van der Waals surface area (Å²) >= 11 is 3.32. The number of aryl methyl sites for hydroxylation is 2. The molecule has 0 saturated heterocycles. The number of carboxylic acid groups (broad SMARTS) is 1. The molecule has 1 aliphatic heterocycles. The Bertz CT molecular complexity index is 645. The van der Waals surface area contributed by atoms with Crippen LogP contribution in [0.5, 0.6) is 0 Å². The number of benzene rings is 1. The summed E-state index contributed by atoms with van der Waals surface area (Å²) in [6, 6.07) is 7.17. The zero-order valence-corrected chi connectivity index (χ0v) is 12.4. The Morgan fingerprint density at radius 3 is 3.00 bits per heavy atom. The van der Waals surface area contributed by atoms with Gasteiger partial charge in [0.05, 0.1) is 17.8 Å². The molecular formula is C14H14BrN3O2. The number of aromatic nitrogens is 2. The van der Waals surface area contributed by atoms with Crippen LogP contribution in [0, 0.1) is 0 Å². The second-order valence-corrected chi connectivity index (χ2v) is 5.76. The van der Waals surface area contributed by atoms with Crippen molar-refractivity contribution in [3.8, 4) is 0 Å². The molecular weight excluding hydrogens is 322 g/mol. The first-order valence-corrected chi connectivity index (χ1v) is 7.24. The second kappa shape index (κ2) is 5.28. The summed E-state index contributed by atoms with van der Waals surface area (Å²) in [6.07, 6.45) is 2.26. The van der Waals surface area contributed by atoms with E-state index in [9.17, 15) is 4.79 Å². The molecule has 104 valence electrons. The van der Waals surface area contributed by atoms with Crippen molar-refractivity contribution in [2.75, 3.05) is 5.32 Å². The highest BCUT2D eigenvalue weighted by molar-refractivity contribution is 9.10. The van der Waals surface area contributed by atoms with Crippen molar-refractivity contribution in [3.05, 3.63) is 45.7 Å². The molecule has 0 saturated carbocycles. The lowest BCUT2D eigenvalue weighted by Crippen LogP contribution is -2.04. The first kappa shape index (κ1) is 13.2. The zero-order valence-electron chi connectivity index (χ0n) is 10.8. The smallest absolute Gasteiger partial charge is 0.335 e. The summed E-state index contributed by atoms with van der Waals surface area (Å²) in [5, 5.41) is 16.8. The third-order valence-corrected chi connectivity index (χ3v) is 3.79. The van der Waals surface area contributed by atoms with Crippen LogP contribution in [-0.4, -0.2) is 20.9 Å². The molecule has 0 atom stereocenters. The molecule has 1 aromatic heterocycles. The minimum atomic E-state index is -0.935. The fourth-order valence-corrected chi connectivity index (χ4v) is 2.91. The molecule has 0 aliphatic carbocycles. The summed E-state index contributed by atoms with van der Waals surface area (Å²) in [6.45, 7) is 1.59. The van der Waals surface area contributed by atoms with Crippen molar-refractivity contribution < 1.29 is 9.90 Å². The lowest BCUT2D eigenvalue weighted by Gasteiger charge is -2.06. The largest absolute Gasteiger partial charge is 0.478 e. The van der Waals surface area contributed by atoms with Crippen molar-refractivity contribution in [1.82, 2.24) is 9.78 Å². The van der Waals surface area contributed by atoms with E-state index in [1.807, 2.05) is 10.7 Å². The molecule has 0 radical (unpaired) electrons. The number of fused-ring (bicyclic) bond motifs is 1. The number of nitrogens with zero attached hydrogens (tertiary/aromatic N) is 2. The number of rotatable bonds is 4. The van der Waals surface area contributed by atoms with Gasteiger partial charge in [-0.2, -0.15) is 5.10 Å². The Kier molecular flexibility index (Phi) is 3.48. The van der Waals surface area contributed by atoms with Crippen molar-refractivity contribution in [3.63, 3.8) is 0 Å². The first-order valence-electron chi connectivity index (χ1n) is 6.45. The number of anilines is 1. The predicted molar refractivity (Wildman–Crippen MR) is 79.0 cm³/mol. The van der Waals surface area contributed by atoms with E-state index < -0.39 is 5.97 Å². The average molecular weight is 336 g/mol. The van der Waals surface area contributed by atoms with Crippen molar-refractivity contribution in [2.24, 2.45) is 0 Å². The molecule has 0 unspecified atom stereocenters. The van der Waals surface area contributed by atoms with Crippen LogP contribution in [-0.2, 0) is 19.5 Å². The number of carbonyl (C=O) groups is 1. The van der Waals surface area contributed by atoms with E-state index in [1.165, 1.54) is 12.1 Å². The number of carboxylic acids is 1. The molecule has 1 aliphatic rings. The molecule has 20 heavy (non-hydrogen) atoms. The minimum absolute atomic E-state index is 0.259. The number of nitrogens with one attached hydrogen (secondary N) is 1. The summed E-state index contributed by atoms with van der Waals surface area (Å²) < 4.78 is 2.79. The van der Waals surface area contributed by atoms with E-state index in [0.29, 0.717) is 6.54 Å². The Balaban J connectivity index is 1.72. The Labute approximate surface area is 124 Å². The van der Waals surface area contributed by atoms with Crippen LogP contribution in [0.25, 0.3) is 0 Å². The summed E-state index contributed by atoms with van der Waals surface area (Å²) in [5.74, 6) is -0.935. The van der Waals surface area contributed by atoms with Gasteiger partial charge in [-0.25, -0.2) is 4.79 Å². The van der Waals surface area contributed by atoms with Crippen LogP contribution in [0.15, 0.2) is 28.7 Å². The third-order valence-electron chi connectivity index (χ3n) is 3.34. The molecule has 2 heterocycles. The van der Waals surface area contributed by atoms with Gasteiger partial charge in [-0.1, -0.05) is 15.9 Å². The molecule has 5 nitrogen and oxygen atoms in total. The van der Waals surface area contributed by atoms with Gasteiger partial charge in [-0.05, 0) is 37.1 Å². The van der Waals surface area contributed by atoms with Gasteiger partial charge in [-0.15, -0.1) is 0 Å². The topological polar surface area (TPSA) is 67.2 Å². The molecule has 6 heteroatoms. The number of halogens is 1. The maximum atomic E-state index is 11.0. The van der Waals surface area contributed by atoms with Crippen LogP contribution < -0.4 is 5.32 Å². The standard InChI is InChI=1S/C14H14BrN3O2/c15-10-4-9(14(19)20)5-11(6-10)16-8-12-7-13-2-1-3-18(13)17-12/h4-7,16H,1-3,8H2,(H,19,20). The highest BCUT2D eigenvalue weighted by Gasteiger charge is 2.13. The van der Waals surface area contributed by atoms with E-state index in [4.69, 9.17) is 5.11 Å². The highest BCUT2D eigenvalue weighted by atomic mass is 79.9. The van der Waals surface area contributed by atoms with Gasteiger partial charge in [0, 0.05) is 22.4 Å². The highest BCUT2D eigenvalue weighted by Crippen LogP contribution is 2.21. The maximum Gasteiger partial charge on any atom is 0.335 e. The SMILES string of the molecule is O=C(O)c1cc(Br)cc(NCc2cc3n(n2)CCC3)c1. The maximum absolute atomic E-state index is 11.0. The normalized spacial score (nSPS) is 13.2. The van der Waals surface area contributed by atoms with Crippen LogP contribution in [0.4, 0.5) is 5.69 Å². The summed E-state index contributed by atoms with van der Waals surface area (Å²) in [4.78, 5) is 11.0. The Morgan fingerprint density at radius 2 is 2.25 bits per heavy atom. The van der Waals surface area contributed by atoms with Crippen LogP contribution in [0.3, 0.4) is 0 Å². The zero-order chi connectivity index (χ0) is 14.1. The number of hydrogen-bond acceptors (Lipinski definition) is 3. The summed E-state index contributed by atoms with van der Waals surface area (Å²) in [5.41, 5.74) is 3.29. The molecule has 0 bridgehead atoms. The fraction of sp³-hybridized carbons (Fsp3) is 0.286. The Morgan fingerprint density at radius 1 is 1.40 bits per heavy atom. The molecule has 3 rings (SSSR count). The monoisotopic (exact) mass is 335 g/mol. The second-order valence-electron chi connectivity index (χ2n) is 4.84. The fourth-order valence-electron chi connectivity index (χ4n) is 2.41. The van der Waals surface area contributed by atoms with Crippen molar-refractivity contribution in [2.45, 2.75) is 25.9 Å². The lowest BCUT2D eigenvalue weighted by molar-refractivity contribution is 0.0697. The third kappa shape index (κ3) is 2.70. The van der Waals surface area contributed by atoms with Gasteiger partial charge in [0.15, 0.2) is 0 Å². The Hall–Kier alpha value is -1.82. The average Bonchev–Trinajstić information content (AvgIpc) is 2.96. The summed E-state index contributed by atoms with van der Waals surface area (Å²) in [7, 11) is 0. The van der Waals surface area contributed by atoms with Gasteiger partial charge in [0.25, 0.3) is 0 Å². The molecule has 2 N–H and O–H groups in total. The van der Waals surface area contributed by atoms with Crippen molar-refractivity contribution >= 4 is 27.6 Å². The van der Waals surface area contributed by atoms with Gasteiger partial charge in [0.1, 0.15) is 0 Å². The molecule has 1 aromatic carbocycles. The number of aromatic carboxylic acids is 1. The van der Waals surface area contributed by atoms with Crippen LogP contribution in [0.1, 0.15) is 28.2 Å². The molecule has 2 aromatic rings. The molecule has 0 fully saturated rings. The molecule has 0 amide bonds. The first-order chi connectivity index (χ1) is 9.61. The van der Waals surface area contributed by atoms with Gasteiger partial charge >= 0.3 is 5.97 Å². The van der Waals surface area contributed by atoms with E-state index in [1.54, 1.807) is 12.1 Å².